The first kappa shape index (κ1) is 29.9. The zero-order valence-electron chi connectivity index (χ0n) is 101. The van der Waals surface area contributed by atoms with Gasteiger partial charge in [0.1, 0.15) is 36.3 Å². The van der Waals surface area contributed by atoms with Crippen LogP contribution in [-0.2, 0) is 47.9 Å². The molecule has 12 unspecified atom stereocenters. The van der Waals surface area contributed by atoms with Crippen molar-refractivity contribution in [2.24, 2.45) is 70.3 Å². The van der Waals surface area contributed by atoms with E-state index in [1.165, 1.54) is 52.7 Å². The Morgan fingerprint density at radius 1 is 0.478 bits per heavy atom. The quantitative estimate of drug-likeness (QED) is 0.0666. The Balaban J connectivity index is 0.000000286. The Morgan fingerprint density at radius 3 is 1.12 bits per heavy atom. The lowest BCUT2D eigenvalue weighted by Crippen LogP contribution is -2.51. The van der Waals surface area contributed by atoms with Crippen LogP contribution in [0.25, 0.3) is 0 Å². The van der Waals surface area contributed by atoms with Crippen LogP contribution in [0.4, 0.5) is 0 Å². The molecular formula is C72H114N6O12. The molecule has 18 nitrogen and oxygen atoms in total. The van der Waals surface area contributed by atoms with Gasteiger partial charge >= 0.3 is 17.9 Å². The first-order valence-electron chi connectivity index (χ1n) is 53.4. The summed E-state index contributed by atoms with van der Waals surface area (Å²) in [6.45, 7) is -31.0. The summed E-state index contributed by atoms with van der Waals surface area (Å²) in [6, 6.07) is -4.97. The number of hydrogen-bond acceptors (Lipinski definition) is 18. The third-order valence-corrected chi connectivity index (χ3v) is 16.2. The van der Waals surface area contributed by atoms with Gasteiger partial charge in [0.25, 0.3) is 0 Å². The van der Waals surface area contributed by atoms with Crippen LogP contribution in [0.15, 0.2) is 36.4 Å². The van der Waals surface area contributed by atoms with Crippen molar-refractivity contribution in [3.8, 4) is 34.5 Å². The van der Waals surface area contributed by atoms with Crippen molar-refractivity contribution in [1.29, 1.82) is 0 Å². The molecule has 0 amide bonds. The van der Waals surface area contributed by atoms with Crippen molar-refractivity contribution in [2.45, 2.75) is 195 Å². The molecule has 9 rings (SSSR count). The van der Waals surface area contributed by atoms with Gasteiger partial charge in [-0.1, -0.05) is 82.4 Å². The summed E-state index contributed by atoms with van der Waals surface area (Å²) in [6.07, 6.45) is -17.4. The Morgan fingerprint density at radius 2 is 0.789 bits per heavy atom. The summed E-state index contributed by atoms with van der Waals surface area (Å²) in [4.78, 5) is 45.8. The number of esters is 3. The fraction of sp³-hybridized carbons (Fsp3) is 0.708. The van der Waals surface area contributed by atoms with Gasteiger partial charge in [-0.15, -0.1) is 0 Å². The smallest absolute Gasteiger partial charge is 0.323 e. The SMILES string of the molecule is [2H]C([2H])([2H])Oc1cc2c(cc1OC)C1CC(OC(=O)[C@@]([2H])(N)C([2H])(C([2H])([2H])[2H])C([2H])([2H])[2H])C(C([2H])([2H])C([2H])(C)C([2H])([2H])[2H])CN1CC2.[2H]C([2H])([2H])Oc1cc2c(cc1OC)C1CC([2H])(OC(=O)[C@@]([2H])(N)C([2H])(C([2H])([2H])[2H])C([2H])([2H])[2H])C(C([2H])([2H])C([2H])(C)C([2H])([2H])[2H])CN1CC2.[2H]C1(OC(=O)[C@@]([2H])(N)C([2H])(C([2H])([2H])[2H])C([2H])([2H])[2H])CC2c3cc(OC)c(OC)cc3CCN2CC1C([2H])([2H])C([2H])(C)C([2H])([2H])[2H]. The predicted octanol–water partition coefficient (Wildman–Crippen LogP) is 10.7. The van der Waals surface area contributed by atoms with Crippen LogP contribution in [0.2, 0.25) is 0 Å². The number of carbonyl (C=O) groups is 3. The molecule has 6 N–H and O–H groups in total. The maximum Gasteiger partial charge on any atom is 0.323 e. The van der Waals surface area contributed by atoms with E-state index in [1.807, 2.05) is 0 Å². The van der Waals surface area contributed by atoms with E-state index in [9.17, 15) is 17.1 Å². The summed E-state index contributed by atoms with van der Waals surface area (Å²) in [7, 11) is -0.309. The topological polar surface area (TPSA) is 222 Å². The minimum absolute atomic E-state index is 0.0235. The number of methoxy groups -OCH3 is 6. The lowest BCUT2D eigenvalue weighted by molar-refractivity contribution is -0.161. The van der Waals surface area contributed by atoms with E-state index in [0.29, 0.717) is 52.2 Å². The first-order chi connectivity index (χ1) is 62.1. The van der Waals surface area contributed by atoms with E-state index in [0.717, 1.165) is 26.3 Å². The molecule has 0 bridgehead atoms. The second kappa shape index (κ2) is 32.5. The monoisotopic (exact) mass is 1310 g/mol. The van der Waals surface area contributed by atoms with Crippen molar-refractivity contribution < 1.29 is 126 Å². The summed E-state index contributed by atoms with van der Waals surface area (Å²) in [5.41, 5.74) is 20.5. The summed E-state index contributed by atoms with van der Waals surface area (Å²) in [5.74, 6) is -31.8. The second-order valence-corrected chi connectivity index (χ2v) is 22.0. The molecule has 3 fully saturated rings. The third kappa shape index (κ3) is 17.5. The molecule has 18 heteroatoms. The zero-order chi connectivity index (χ0) is 109. The fourth-order valence-electron chi connectivity index (χ4n) is 12.0. The van der Waals surface area contributed by atoms with Crippen LogP contribution in [0, 0.1) is 53.1 Å². The molecule has 0 aromatic heterocycles. The normalized spacial score (nSPS) is 40.1. The zero-order valence-corrected chi connectivity index (χ0v) is 51.0. The average Bonchev–Trinajstić information content (AvgIpc) is 0.697. The molecule has 504 valence electrons. The van der Waals surface area contributed by atoms with Crippen LogP contribution in [0.5, 0.6) is 34.5 Å². The van der Waals surface area contributed by atoms with Gasteiger partial charge in [-0.2, -0.15) is 0 Å². The van der Waals surface area contributed by atoms with E-state index >= 15 is 0 Å². The largest absolute Gasteiger partial charge is 0.493 e. The van der Waals surface area contributed by atoms with Gasteiger partial charge in [0.05, 0.1) is 57.6 Å². The molecule has 0 radical (unpaired) electrons. The number of nitrogens with zero attached hydrogens (tertiary/aromatic N) is 3. The van der Waals surface area contributed by atoms with Crippen LogP contribution in [0.1, 0.15) is 241 Å². The highest BCUT2D eigenvalue weighted by atomic mass is 16.6. The van der Waals surface area contributed by atoms with Gasteiger partial charge in [-0.25, -0.2) is 0 Å². The average molecular weight is 1310 g/mol. The molecule has 3 saturated heterocycles. The number of ether oxygens (including phenoxy) is 9. The fourth-order valence-corrected chi connectivity index (χ4v) is 12.0. The van der Waals surface area contributed by atoms with Crippen molar-refractivity contribution in [1.82, 2.24) is 14.7 Å². The maximum absolute atomic E-state index is 13.6. The summed E-state index contributed by atoms with van der Waals surface area (Å²) >= 11 is 0. The highest BCUT2D eigenvalue weighted by molar-refractivity contribution is 5.77. The van der Waals surface area contributed by atoms with Crippen molar-refractivity contribution in [2.75, 3.05) is 81.8 Å². The Labute approximate surface area is 609 Å². The molecule has 0 spiro atoms. The number of fused-ring (bicyclic) bond motifs is 9. The van der Waals surface area contributed by atoms with Crippen LogP contribution < -0.4 is 45.6 Å². The standard InChI is InChI=1S/3C24H38N2O4/c3*1-14(2)9-17-13-26-8-7-16-10-21(28-5)22(29-6)11-18(16)19(26)12-20(17)30-24(27)23(25)15(3)4/h3*10-11,14-15,17,19-20,23H,7-9,12-13,25H2,1-6H3/t3*17?,19?,20?,23-/m000/s1/i1D3,3D3,4D3,5D3,9D2,14D,15D,20D,23D;1D3,3D3,4D3,9D2,14D,15D,20D,23D;1D3,3D3,4D3,5D3,9D2,14D,15D,23D/t3*14?,17?,19?,20?,23-. The third-order valence-electron chi connectivity index (χ3n) is 16.2. The van der Waals surface area contributed by atoms with Crippen LogP contribution >= 0.6 is 0 Å². The first-order valence-corrected chi connectivity index (χ1v) is 28.4. The highest BCUT2D eigenvalue weighted by Crippen LogP contribution is 2.48. The molecule has 6 heterocycles. The molecule has 6 aliphatic rings. The van der Waals surface area contributed by atoms with E-state index in [2.05, 4.69) is 0 Å². The Bertz CT molecular complexity index is 4930. The number of carbonyl (C=O) groups excluding carboxylic acids is 3. The summed E-state index contributed by atoms with van der Waals surface area (Å²) in [5, 5.41) is 0. The van der Waals surface area contributed by atoms with Gasteiger partial charge in [0.2, 0.25) is 0 Å². The number of benzene rings is 3. The van der Waals surface area contributed by atoms with Gasteiger partial charge in [0.15, 0.2) is 34.5 Å². The van der Waals surface area contributed by atoms with Gasteiger partial charge in [-0.3, -0.25) is 29.1 Å². The molecule has 6 aliphatic heterocycles. The van der Waals surface area contributed by atoms with Crippen LogP contribution in [0.3, 0.4) is 0 Å². The number of hydrogen-bond donors (Lipinski definition) is 3. The van der Waals surface area contributed by atoms with Crippen molar-refractivity contribution in [3.05, 3.63) is 69.8 Å². The lowest BCUT2D eigenvalue weighted by Gasteiger charge is -2.47. The molecule has 90 heavy (non-hydrogen) atoms. The van der Waals surface area contributed by atoms with E-state index in [4.69, 9.17) is 126 Å². The molecule has 0 aliphatic carbocycles. The molecule has 15 atom stereocenters. The molecular weight excluding hydrogens is 1140 g/mol. The summed E-state index contributed by atoms with van der Waals surface area (Å²) < 4.78 is 449. The minimum Gasteiger partial charge on any atom is -0.493 e. The molecule has 0 saturated carbocycles. The molecule has 3 aromatic carbocycles. The second-order valence-electron chi connectivity index (χ2n) is 22.0. The highest BCUT2D eigenvalue weighted by Gasteiger charge is 2.45. The Kier molecular flexibility index (Phi) is 10.8. The maximum atomic E-state index is 13.6. The number of rotatable bonds is 21. The van der Waals surface area contributed by atoms with Crippen LogP contribution in [-0.4, -0.2) is 151 Å². The van der Waals surface area contributed by atoms with E-state index < -0.39 is 246 Å². The van der Waals surface area contributed by atoms with Gasteiger partial charge in [-0.05, 0) is 144 Å². The van der Waals surface area contributed by atoms with Gasteiger partial charge in [0, 0.05) is 148 Å². The number of piperidine rings is 3. The number of nitrogens with two attached hydrogens (primary N) is 3. The minimum atomic E-state index is -4.01. The van der Waals surface area contributed by atoms with E-state index in [-0.39, 0.29) is 62.0 Å². The van der Waals surface area contributed by atoms with E-state index in [1.54, 1.807) is 26.8 Å². The predicted molar refractivity (Wildman–Crippen MR) is 353 cm³/mol. The Hall–Kier alpha value is -5.37. The van der Waals surface area contributed by atoms with Gasteiger partial charge < -0.3 is 59.8 Å². The van der Waals surface area contributed by atoms with Crippen molar-refractivity contribution >= 4 is 17.9 Å². The lowest BCUT2D eigenvalue weighted by atomic mass is 9.79. The molecule has 3 aromatic rings. The van der Waals surface area contributed by atoms with Crippen molar-refractivity contribution in [3.63, 3.8) is 0 Å².